The zero-order valence-electron chi connectivity index (χ0n) is 11.8. The van der Waals surface area contributed by atoms with Crippen LogP contribution in [0.1, 0.15) is 20.8 Å². The van der Waals surface area contributed by atoms with E-state index in [4.69, 9.17) is 19.7 Å². The van der Waals surface area contributed by atoms with Crippen LogP contribution in [0.4, 0.5) is 0 Å². The number of hydrogen-bond acceptors (Lipinski definition) is 5. The molecule has 3 rings (SSSR count). The fourth-order valence-electron chi connectivity index (χ4n) is 3.35. The second kappa shape index (κ2) is 4.33. The van der Waals surface area contributed by atoms with Gasteiger partial charge in [0, 0.05) is 18.4 Å². The van der Waals surface area contributed by atoms with Crippen molar-refractivity contribution >= 4 is 5.91 Å². The Balaban J connectivity index is 1.93. The minimum Gasteiger partial charge on any atom is -0.362 e. The maximum absolute atomic E-state index is 11.7. The molecule has 4 atom stereocenters. The molecular weight excluding hydrogens is 264 g/mol. The molecule has 0 spiro atoms. The Labute approximate surface area is 116 Å². The normalized spacial score (nSPS) is 41.1. The molecule has 8 nitrogen and oxygen atoms in total. The average molecular weight is 282 g/mol. The maximum atomic E-state index is 11.7. The highest BCUT2D eigenvalue weighted by atomic mass is 16.8. The van der Waals surface area contributed by atoms with Crippen molar-refractivity contribution in [1.29, 1.82) is 0 Å². The molecule has 3 fully saturated rings. The number of rotatable bonds is 2. The molecule has 3 aliphatic rings. The summed E-state index contributed by atoms with van der Waals surface area (Å²) in [7, 11) is 0. The van der Waals surface area contributed by atoms with E-state index in [1.165, 1.54) is 6.92 Å². The number of fused-ring (bicyclic) bond motifs is 5. The van der Waals surface area contributed by atoms with E-state index in [0.717, 1.165) is 0 Å². The van der Waals surface area contributed by atoms with Gasteiger partial charge in [-0.05, 0) is 19.4 Å². The number of amides is 1. The summed E-state index contributed by atoms with van der Waals surface area (Å²) >= 11 is 0. The third-order valence-electron chi connectivity index (χ3n) is 4.11. The lowest BCUT2D eigenvalue weighted by atomic mass is 9.95. The lowest BCUT2D eigenvalue weighted by molar-refractivity contribution is -0.224. The van der Waals surface area contributed by atoms with Crippen LogP contribution in [-0.2, 0) is 19.0 Å². The predicted molar refractivity (Wildman–Crippen MR) is 67.7 cm³/mol. The zero-order valence-corrected chi connectivity index (χ0v) is 11.8. The van der Waals surface area contributed by atoms with Gasteiger partial charge in [-0.25, -0.2) is 0 Å². The van der Waals surface area contributed by atoms with Crippen LogP contribution in [-0.4, -0.2) is 60.1 Å². The van der Waals surface area contributed by atoms with Gasteiger partial charge >= 0.3 is 0 Å². The van der Waals surface area contributed by atoms with E-state index in [1.54, 1.807) is 4.90 Å². The van der Waals surface area contributed by atoms with Crippen LogP contribution in [0.5, 0.6) is 0 Å². The number of carbonyl (C=O) groups excluding carboxylic acids is 1. The van der Waals surface area contributed by atoms with Gasteiger partial charge in [0.05, 0.1) is 13.1 Å². The van der Waals surface area contributed by atoms with E-state index < -0.39 is 11.4 Å². The highest BCUT2D eigenvalue weighted by molar-refractivity contribution is 5.73. The maximum Gasteiger partial charge on any atom is 0.219 e. The summed E-state index contributed by atoms with van der Waals surface area (Å²) in [6.07, 6.45) is -0.797. The van der Waals surface area contributed by atoms with E-state index in [2.05, 4.69) is 10.0 Å². The number of azide groups is 1. The number of ether oxygens (including phenoxy) is 3. The van der Waals surface area contributed by atoms with Gasteiger partial charge in [0.25, 0.3) is 0 Å². The minimum absolute atomic E-state index is 0.0251. The second-order valence-electron chi connectivity index (χ2n) is 6.03. The van der Waals surface area contributed by atoms with E-state index >= 15 is 0 Å². The van der Waals surface area contributed by atoms with Gasteiger partial charge in [0.15, 0.2) is 5.79 Å². The van der Waals surface area contributed by atoms with Gasteiger partial charge in [-0.2, -0.15) is 0 Å². The summed E-state index contributed by atoms with van der Waals surface area (Å²) in [4.78, 5) is 16.2. The summed E-state index contributed by atoms with van der Waals surface area (Å²) < 4.78 is 17.9. The molecule has 3 aliphatic heterocycles. The number of carbonyl (C=O) groups is 1. The smallest absolute Gasteiger partial charge is 0.219 e. The van der Waals surface area contributed by atoms with Crippen LogP contribution in [0.2, 0.25) is 0 Å². The van der Waals surface area contributed by atoms with Crippen molar-refractivity contribution in [3.8, 4) is 0 Å². The average Bonchev–Trinajstić information content (AvgIpc) is 2.80. The van der Waals surface area contributed by atoms with Crippen molar-refractivity contribution in [3.05, 3.63) is 10.4 Å². The molecule has 0 saturated carbocycles. The van der Waals surface area contributed by atoms with Crippen molar-refractivity contribution in [2.24, 2.45) is 5.11 Å². The summed E-state index contributed by atoms with van der Waals surface area (Å²) in [5.41, 5.74) is 7.78. The Hall–Kier alpha value is -1.34. The number of hydrogen-bond donors (Lipinski definition) is 0. The second-order valence-corrected chi connectivity index (χ2v) is 6.03. The molecule has 0 aromatic rings. The van der Waals surface area contributed by atoms with Gasteiger partial charge in [-0.15, -0.1) is 0 Å². The lowest BCUT2D eigenvalue weighted by Crippen LogP contribution is -2.58. The van der Waals surface area contributed by atoms with Crippen LogP contribution in [0, 0.1) is 0 Å². The Morgan fingerprint density at radius 1 is 1.45 bits per heavy atom. The zero-order chi connectivity index (χ0) is 14.5. The predicted octanol–water partition coefficient (Wildman–Crippen LogP) is 0.816. The summed E-state index contributed by atoms with van der Waals surface area (Å²) in [5.74, 6) is -0.708. The van der Waals surface area contributed by atoms with E-state index in [9.17, 15) is 4.79 Å². The molecule has 2 bridgehead atoms. The molecule has 0 N–H and O–H groups in total. The number of nitrogens with zero attached hydrogens (tertiary/aromatic N) is 4. The molecule has 20 heavy (non-hydrogen) atoms. The van der Waals surface area contributed by atoms with Gasteiger partial charge in [-0.3, -0.25) is 4.79 Å². The van der Waals surface area contributed by atoms with Crippen molar-refractivity contribution in [2.45, 2.75) is 50.5 Å². The van der Waals surface area contributed by atoms with Crippen molar-refractivity contribution in [3.63, 3.8) is 0 Å². The third kappa shape index (κ3) is 1.96. The van der Waals surface area contributed by atoms with Crippen molar-refractivity contribution < 1.29 is 19.0 Å². The standard InChI is InChI=1S/C12H18N4O4/c1-7(17)16-4-8-9-10(20-11(2,3)19-9)12(6-16,18-8)5-14-15-13/h8-10H,4-6H2,1-3H3/t8-,9-,10-,12+/m1/s1. The molecule has 8 heteroatoms. The Bertz CT molecular complexity index is 490. The highest BCUT2D eigenvalue weighted by Crippen LogP contribution is 2.47. The van der Waals surface area contributed by atoms with Gasteiger partial charge in [-0.1, -0.05) is 5.11 Å². The third-order valence-corrected chi connectivity index (χ3v) is 4.11. The Morgan fingerprint density at radius 2 is 2.20 bits per heavy atom. The van der Waals surface area contributed by atoms with Crippen LogP contribution in [0.25, 0.3) is 10.4 Å². The van der Waals surface area contributed by atoms with Crippen molar-refractivity contribution in [1.82, 2.24) is 4.90 Å². The van der Waals surface area contributed by atoms with Crippen LogP contribution in [0.15, 0.2) is 5.11 Å². The molecule has 0 aliphatic carbocycles. The summed E-state index contributed by atoms with van der Waals surface area (Å²) in [6.45, 7) is 6.19. The molecule has 0 aromatic heterocycles. The number of morpholine rings is 1. The first-order valence-corrected chi connectivity index (χ1v) is 6.67. The van der Waals surface area contributed by atoms with Crippen LogP contribution >= 0.6 is 0 Å². The first kappa shape index (κ1) is 13.6. The molecule has 1 amide bonds. The molecular formula is C12H18N4O4. The summed E-state index contributed by atoms with van der Waals surface area (Å²) in [5, 5.41) is 3.65. The Kier molecular flexibility index (Phi) is 2.95. The first-order valence-electron chi connectivity index (χ1n) is 6.67. The first-order chi connectivity index (χ1) is 9.37. The lowest BCUT2D eigenvalue weighted by Gasteiger charge is -2.41. The highest BCUT2D eigenvalue weighted by Gasteiger charge is 2.65. The topological polar surface area (TPSA) is 96.8 Å². The van der Waals surface area contributed by atoms with Gasteiger partial charge < -0.3 is 19.1 Å². The Morgan fingerprint density at radius 3 is 2.85 bits per heavy atom. The van der Waals surface area contributed by atoms with Crippen molar-refractivity contribution in [2.75, 3.05) is 19.6 Å². The molecule has 110 valence electrons. The van der Waals surface area contributed by atoms with E-state index in [1.807, 2.05) is 13.8 Å². The van der Waals surface area contributed by atoms with Gasteiger partial charge in [0.2, 0.25) is 5.91 Å². The quantitative estimate of drug-likeness (QED) is 0.425. The monoisotopic (exact) mass is 282 g/mol. The SMILES string of the molecule is CC(=O)N1C[C@H]2O[C@@](CN=[N+]=[N-])(C1)[C@@H]1OC(C)(C)O[C@@H]12. The molecule has 0 unspecified atom stereocenters. The fraction of sp³-hybridized carbons (Fsp3) is 0.917. The fourth-order valence-corrected chi connectivity index (χ4v) is 3.35. The van der Waals surface area contributed by atoms with Crippen LogP contribution < -0.4 is 0 Å². The molecule has 3 heterocycles. The van der Waals surface area contributed by atoms with Crippen LogP contribution in [0.3, 0.4) is 0 Å². The van der Waals surface area contributed by atoms with E-state index in [-0.39, 0.29) is 30.8 Å². The molecule has 0 aromatic carbocycles. The molecule has 0 radical (unpaired) electrons. The van der Waals surface area contributed by atoms with Gasteiger partial charge in [0.1, 0.15) is 23.9 Å². The van der Waals surface area contributed by atoms with E-state index in [0.29, 0.717) is 13.1 Å². The molecule has 3 saturated heterocycles. The minimum atomic E-state index is -0.806. The number of likely N-dealkylation sites (tertiary alicyclic amines) is 1. The summed E-state index contributed by atoms with van der Waals surface area (Å²) in [6, 6.07) is 0. The largest absolute Gasteiger partial charge is 0.362 e.